The van der Waals surface area contributed by atoms with E-state index in [1.165, 1.54) is 11.6 Å². The van der Waals surface area contributed by atoms with E-state index in [1.54, 1.807) is 22.9 Å². The second-order valence-electron chi connectivity index (χ2n) is 5.27. The van der Waals surface area contributed by atoms with Crippen molar-refractivity contribution in [2.75, 3.05) is 0 Å². The molecule has 4 nitrogen and oxygen atoms in total. The maximum Gasteiger partial charge on any atom is 0.172 e. The van der Waals surface area contributed by atoms with Crippen molar-refractivity contribution >= 4 is 6.29 Å². The van der Waals surface area contributed by atoms with Gasteiger partial charge in [-0.1, -0.05) is 53.7 Å². The number of hydrogen-bond acceptors (Lipinski definition) is 3. The fourth-order valence-electron chi connectivity index (χ4n) is 2.52. The molecule has 0 atom stereocenters. The summed E-state index contributed by atoms with van der Waals surface area (Å²) in [7, 11) is 0. The molecule has 2 aromatic carbocycles. The summed E-state index contributed by atoms with van der Waals surface area (Å²) in [6, 6.07) is 16.5. The molecule has 0 fully saturated rings. The Morgan fingerprint density at radius 2 is 1.74 bits per heavy atom. The van der Waals surface area contributed by atoms with E-state index >= 15 is 0 Å². The van der Waals surface area contributed by atoms with Gasteiger partial charge in [-0.2, -0.15) is 0 Å². The van der Waals surface area contributed by atoms with E-state index < -0.39 is 0 Å². The number of carbonyl (C=O) groups is 1. The first-order chi connectivity index (χ1) is 11.3. The van der Waals surface area contributed by atoms with Crippen LogP contribution in [0.2, 0.25) is 0 Å². The zero-order valence-corrected chi connectivity index (χ0v) is 12.5. The lowest BCUT2D eigenvalue weighted by molar-refractivity contribution is 0.111. The van der Waals surface area contributed by atoms with Crippen molar-refractivity contribution in [2.45, 2.75) is 19.4 Å². The molecule has 23 heavy (non-hydrogen) atoms. The lowest BCUT2D eigenvalue weighted by atomic mass is 10.1. The molecular formula is C18H16FN3O. The number of hydrogen-bond donors (Lipinski definition) is 0. The highest BCUT2D eigenvalue weighted by Gasteiger charge is 2.14. The fourth-order valence-corrected chi connectivity index (χ4v) is 2.52. The van der Waals surface area contributed by atoms with Gasteiger partial charge in [-0.3, -0.25) is 4.79 Å². The molecule has 0 aliphatic rings. The van der Waals surface area contributed by atoms with Gasteiger partial charge in [-0.05, 0) is 24.5 Å². The maximum atomic E-state index is 13.8. The first-order valence-electron chi connectivity index (χ1n) is 7.43. The zero-order chi connectivity index (χ0) is 16.1. The molecule has 0 spiro atoms. The van der Waals surface area contributed by atoms with Crippen LogP contribution in [0.25, 0.3) is 0 Å². The SMILES string of the molecule is O=Cc1nnn(Cc2ccccc2F)c1CCc1ccccc1. The summed E-state index contributed by atoms with van der Waals surface area (Å²) in [4.78, 5) is 11.2. The van der Waals surface area contributed by atoms with Gasteiger partial charge in [0, 0.05) is 5.56 Å². The number of carbonyl (C=O) groups excluding carboxylic acids is 1. The first-order valence-corrected chi connectivity index (χ1v) is 7.43. The normalized spacial score (nSPS) is 10.7. The standard InChI is InChI=1S/C18H16FN3O/c19-16-9-5-4-8-15(16)12-22-18(17(13-23)20-21-22)11-10-14-6-2-1-3-7-14/h1-9,13H,10-12H2. The maximum absolute atomic E-state index is 13.8. The summed E-state index contributed by atoms with van der Waals surface area (Å²) >= 11 is 0. The Morgan fingerprint density at radius 1 is 1.00 bits per heavy atom. The summed E-state index contributed by atoms with van der Waals surface area (Å²) in [5.74, 6) is -0.287. The van der Waals surface area contributed by atoms with Gasteiger partial charge in [0.1, 0.15) is 11.5 Å². The number of aldehydes is 1. The van der Waals surface area contributed by atoms with Crippen molar-refractivity contribution in [1.82, 2.24) is 15.0 Å². The average molecular weight is 309 g/mol. The first kappa shape index (κ1) is 15.1. The van der Waals surface area contributed by atoms with Crippen LogP contribution in [0.3, 0.4) is 0 Å². The summed E-state index contributed by atoms with van der Waals surface area (Å²) in [6.45, 7) is 0.262. The Labute approximate surface area is 133 Å². The highest BCUT2D eigenvalue weighted by atomic mass is 19.1. The molecule has 0 N–H and O–H groups in total. The molecule has 0 saturated carbocycles. The molecule has 0 aliphatic heterocycles. The van der Waals surface area contributed by atoms with Gasteiger partial charge >= 0.3 is 0 Å². The lowest BCUT2D eigenvalue weighted by Gasteiger charge is -2.08. The van der Waals surface area contributed by atoms with Crippen LogP contribution in [0.15, 0.2) is 54.6 Å². The average Bonchev–Trinajstić information content (AvgIpc) is 2.98. The number of aromatic nitrogens is 3. The van der Waals surface area contributed by atoms with E-state index in [0.717, 1.165) is 12.1 Å². The van der Waals surface area contributed by atoms with E-state index in [9.17, 15) is 9.18 Å². The van der Waals surface area contributed by atoms with Crippen LogP contribution in [-0.2, 0) is 19.4 Å². The molecule has 116 valence electrons. The van der Waals surface area contributed by atoms with Crippen molar-refractivity contribution in [3.05, 3.63) is 82.9 Å². The van der Waals surface area contributed by atoms with Crippen LogP contribution in [0.1, 0.15) is 27.3 Å². The lowest BCUT2D eigenvalue weighted by Crippen LogP contribution is -2.10. The number of nitrogens with zero attached hydrogens (tertiary/aromatic N) is 3. The van der Waals surface area contributed by atoms with Gasteiger partial charge in [0.25, 0.3) is 0 Å². The van der Waals surface area contributed by atoms with Crippen LogP contribution in [0, 0.1) is 5.82 Å². The monoisotopic (exact) mass is 309 g/mol. The van der Waals surface area contributed by atoms with Crippen LogP contribution in [0.4, 0.5) is 4.39 Å². The van der Waals surface area contributed by atoms with Gasteiger partial charge in [-0.15, -0.1) is 5.10 Å². The fraction of sp³-hybridized carbons (Fsp3) is 0.167. The van der Waals surface area contributed by atoms with Crippen LogP contribution >= 0.6 is 0 Å². The number of halogens is 1. The van der Waals surface area contributed by atoms with E-state index in [2.05, 4.69) is 10.3 Å². The predicted octanol–water partition coefficient (Wildman–Crippen LogP) is 3.06. The number of benzene rings is 2. The van der Waals surface area contributed by atoms with Crippen molar-refractivity contribution in [3.63, 3.8) is 0 Å². The highest BCUT2D eigenvalue weighted by Crippen LogP contribution is 2.13. The van der Waals surface area contributed by atoms with Gasteiger partial charge < -0.3 is 0 Å². The molecule has 0 saturated heterocycles. The molecule has 1 aromatic heterocycles. The molecule has 0 unspecified atom stereocenters. The second kappa shape index (κ2) is 6.96. The summed E-state index contributed by atoms with van der Waals surface area (Å²) in [5.41, 5.74) is 2.74. The molecular weight excluding hydrogens is 293 g/mol. The number of rotatable bonds is 6. The highest BCUT2D eigenvalue weighted by molar-refractivity contribution is 5.73. The largest absolute Gasteiger partial charge is 0.296 e. The Hall–Kier alpha value is -2.82. The third-order valence-corrected chi connectivity index (χ3v) is 3.75. The van der Waals surface area contributed by atoms with Crippen LogP contribution < -0.4 is 0 Å². The van der Waals surface area contributed by atoms with E-state index in [0.29, 0.717) is 24.0 Å². The van der Waals surface area contributed by atoms with Crippen molar-refractivity contribution in [3.8, 4) is 0 Å². The topological polar surface area (TPSA) is 47.8 Å². The third-order valence-electron chi connectivity index (χ3n) is 3.75. The van der Waals surface area contributed by atoms with E-state index in [-0.39, 0.29) is 12.4 Å². The molecule has 0 radical (unpaired) electrons. The van der Waals surface area contributed by atoms with Gasteiger partial charge in [0.2, 0.25) is 0 Å². The molecule has 0 amide bonds. The molecule has 1 heterocycles. The molecule has 5 heteroatoms. The number of aryl methyl sites for hydroxylation is 1. The van der Waals surface area contributed by atoms with Gasteiger partial charge in [0.05, 0.1) is 12.2 Å². The molecule has 0 bridgehead atoms. The summed E-state index contributed by atoms with van der Waals surface area (Å²) < 4.78 is 15.4. The quantitative estimate of drug-likeness (QED) is 0.658. The third kappa shape index (κ3) is 3.51. The predicted molar refractivity (Wildman–Crippen MR) is 84.8 cm³/mol. The van der Waals surface area contributed by atoms with E-state index in [1.807, 2.05) is 30.3 Å². The van der Waals surface area contributed by atoms with Gasteiger partial charge in [-0.25, -0.2) is 9.07 Å². The zero-order valence-electron chi connectivity index (χ0n) is 12.5. The minimum absolute atomic E-state index is 0.262. The summed E-state index contributed by atoms with van der Waals surface area (Å²) in [5, 5.41) is 7.90. The molecule has 3 aromatic rings. The van der Waals surface area contributed by atoms with Crippen molar-refractivity contribution in [2.24, 2.45) is 0 Å². The Bertz CT molecular complexity index is 799. The van der Waals surface area contributed by atoms with Crippen molar-refractivity contribution in [1.29, 1.82) is 0 Å². The molecule has 3 rings (SSSR count). The Kier molecular flexibility index (Phi) is 4.57. The minimum atomic E-state index is -0.287. The Balaban J connectivity index is 1.83. The van der Waals surface area contributed by atoms with Crippen LogP contribution in [0.5, 0.6) is 0 Å². The summed E-state index contributed by atoms with van der Waals surface area (Å²) in [6.07, 6.45) is 2.09. The molecule has 0 aliphatic carbocycles. The second-order valence-corrected chi connectivity index (χ2v) is 5.27. The van der Waals surface area contributed by atoms with E-state index in [4.69, 9.17) is 0 Å². The van der Waals surface area contributed by atoms with Crippen LogP contribution in [-0.4, -0.2) is 21.3 Å². The van der Waals surface area contributed by atoms with Crippen molar-refractivity contribution < 1.29 is 9.18 Å². The van der Waals surface area contributed by atoms with Gasteiger partial charge in [0.15, 0.2) is 6.29 Å². The Morgan fingerprint density at radius 3 is 2.48 bits per heavy atom. The minimum Gasteiger partial charge on any atom is -0.296 e. The smallest absolute Gasteiger partial charge is 0.172 e.